The highest BCUT2D eigenvalue weighted by atomic mass is 16.2. The van der Waals surface area contributed by atoms with Crippen LogP contribution in [0.15, 0.2) is 42.5 Å². The van der Waals surface area contributed by atoms with Crippen LogP contribution in [0.5, 0.6) is 0 Å². The lowest BCUT2D eigenvalue weighted by Gasteiger charge is -2.17. The second kappa shape index (κ2) is 9.03. The van der Waals surface area contributed by atoms with Crippen molar-refractivity contribution in [2.24, 2.45) is 0 Å². The first-order valence-corrected chi connectivity index (χ1v) is 8.44. The summed E-state index contributed by atoms with van der Waals surface area (Å²) in [6.45, 7) is 7.62. The number of nitrogens with zero attached hydrogens (tertiary/aromatic N) is 1. The lowest BCUT2D eigenvalue weighted by molar-refractivity contribution is -0.136. The molecule has 0 aromatic heterocycles. The fourth-order valence-corrected chi connectivity index (χ4v) is 2.58. The first-order valence-electron chi connectivity index (χ1n) is 8.44. The van der Waals surface area contributed by atoms with Crippen LogP contribution in [0.2, 0.25) is 0 Å². The fourth-order valence-electron chi connectivity index (χ4n) is 2.58. The number of benzene rings is 2. The summed E-state index contributed by atoms with van der Waals surface area (Å²) in [7, 11) is 0. The summed E-state index contributed by atoms with van der Waals surface area (Å²) in [4.78, 5) is 26.1. The average Bonchev–Trinajstić information content (AvgIpc) is 2.61. The number of hydrogen-bond donors (Lipinski definition) is 2. The van der Waals surface area contributed by atoms with E-state index >= 15 is 0 Å². The summed E-state index contributed by atoms with van der Waals surface area (Å²) in [5, 5.41) is 7.43. The first-order chi connectivity index (χ1) is 11.6. The molecule has 128 valence electrons. The maximum Gasteiger partial charge on any atom is 0.313 e. The van der Waals surface area contributed by atoms with Gasteiger partial charge >= 0.3 is 11.8 Å². The van der Waals surface area contributed by atoms with Gasteiger partial charge in [0.2, 0.25) is 0 Å². The Morgan fingerprint density at radius 3 is 2.38 bits per heavy atom. The van der Waals surface area contributed by atoms with Gasteiger partial charge in [-0.15, -0.1) is 0 Å². The zero-order valence-electron chi connectivity index (χ0n) is 14.3. The maximum absolute atomic E-state index is 12.0. The molecule has 0 aliphatic heterocycles. The number of carbonyl (C=O) groups excluding carboxylic acids is 2. The van der Waals surface area contributed by atoms with Crippen molar-refractivity contribution in [2.45, 2.75) is 20.3 Å². The van der Waals surface area contributed by atoms with Gasteiger partial charge in [0.05, 0.1) is 0 Å². The molecule has 0 fully saturated rings. The van der Waals surface area contributed by atoms with Gasteiger partial charge in [0, 0.05) is 12.2 Å². The number of anilines is 1. The third kappa shape index (κ3) is 5.06. The molecule has 0 atom stereocenters. The largest absolute Gasteiger partial charge is 0.348 e. The molecule has 0 heterocycles. The maximum atomic E-state index is 12.0. The van der Waals surface area contributed by atoms with Gasteiger partial charge in [-0.3, -0.25) is 9.59 Å². The van der Waals surface area contributed by atoms with Gasteiger partial charge in [0.15, 0.2) is 0 Å². The van der Waals surface area contributed by atoms with E-state index < -0.39 is 11.8 Å². The standard InChI is InChI=1S/C19H25N3O2/c1-3-22(4-2)13-7-12-20-18(23)19(24)21-17-11-10-15-8-5-6-9-16(15)14-17/h5-6,8-11,14H,3-4,7,12-13H2,1-2H3,(H,20,23)(H,21,24). The molecule has 0 spiro atoms. The summed E-state index contributed by atoms with van der Waals surface area (Å²) >= 11 is 0. The molecule has 0 aliphatic rings. The minimum atomic E-state index is -0.631. The van der Waals surface area contributed by atoms with Crippen LogP contribution < -0.4 is 10.6 Å². The van der Waals surface area contributed by atoms with Crippen LogP contribution in [0, 0.1) is 0 Å². The van der Waals surface area contributed by atoms with Gasteiger partial charge in [0.25, 0.3) is 0 Å². The number of fused-ring (bicyclic) bond motifs is 1. The van der Waals surface area contributed by atoms with Crippen molar-refractivity contribution in [3.63, 3.8) is 0 Å². The van der Waals surface area contributed by atoms with E-state index in [1.54, 1.807) is 6.07 Å². The third-order valence-corrected chi connectivity index (χ3v) is 4.04. The highest BCUT2D eigenvalue weighted by Crippen LogP contribution is 2.18. The van der Waals surface area contributed by atoms with E-state index in [9.17, 15) is 9.59 Å². The Balaban J connectivity index is 1.81. The molecule has 2 rings (SSSR count). The number of hydrogen-bond acceptors (Lipinski definition) is 3. The monoisotopic (exact) mass is 327 g/mol. The van der Waals surface area contributed by atoms with E-state index in [2.05, 4.69) is 29.4 Å². The molecule has 2 N–H and O–H groups in total. The molecule has 2 amide bonds. The van der Waals surface area contributed by atoms with E-state index in [4.69, 9.17) is 0 Å². The molecule has 5 heteroatoms. The van der Waals surface area contributed by atoms with E-state index in [0.717, 1.165) is 36.8 Å². The number of nitrogens with one attached hydrogen (secondary N) is 2. The summed E-state index contributed by atoms with van der Waals surface area (Å²) in [6, 6.07) is 13.5. The summed E-state index contributed by atoms with van der Waals surface area (Å²) in [5.74, 6) is -1.23. The van der Waals surface area contributed by atoms with Crippen molar-refractivity contribution < 1.29 is 9.59 Å². The van der Waals surface area contributed by atoms with Crippen LogP contribution in [0.25, 0.3) is 10.8 Å². The Bertz CT molecular complexity index is 696. The zero-order chi connectivity index (χ0) is 17.4. The second-order valence-electron chi connectivity index (χ2n) is 5.65. The SMILES string of the molecule is CCN(CC)CCCNC(=O)C(=O)Nc1ccc2ccccc2c1. The van der Waals surface area contributed by atoms with Gasteiger partial charge < -0.3 is 15.5 Å². The quantitative estimate of drug-likeness (QED) is 0.607. The van der Waals surface area contributed by atoms with Gasteiger partial charge in [-0.25, -0.2) is 0 Å². The number of carbonyl (C=O) groups is 2. The molecule has 0 saturated carbocycles. The highest BCUT2D eigenvalue weighted by molar-refractivity contribution is 6.39. The Morgan fingerprint density at radius 1 is 0.958 bits per heavy atom. The zero-order valence-corrected chi connectivity index (χ0v) is 14.3. The smallest absolute Gasteiger partial charge is 0.313 e. The molecule has 0 aliphatic carbocycles. The van der Waals surface area contributed by atoms with E-state index in [1.165, 1.54) is 0 Å². The van der Waals surface area contributed by atoms with E-state index in [-0.39, 0.29) is 0 Å². The normalized spacial score (nSPS) is 10.8. The van der Waals surface area contributed by atoms with Gasteiger partial charge in [-0.05, 0) is 49.0 Å². The van der Waals surface area contributed by atoms with Gasteiger partial charge in [0.1, 0.15) is 0 Å². The molecule has 2 aromatic rings. The average molecular weight is 327 g/mol. The van der Waals surface area contributed by atoms with Crippen LogP contribution in [-0.2, 0) is 9.59 Å². The molecule has 0 bridgehead atoms. The lowest BCUT2D eigenvalue weighted by Crippen LogP contribution is -2.37. The van der Waals surface area contributed by atoms with Crippen molar-refractivity contribution >= 4 is 28.3 Å². The first kappa shape index (κ1) is 17.9. The predicted octanol–water partition coefficient (Wildman–Crippen LogP) is 2.63. The van der Waals surface area contributed by atoms with Crippen molar-refractivity contribution in [1.82, 2.24) is 10.2 Å². The van der Waals surface area contributed by atoms with Crippen LogP contribution in [0.1, 0.15) is 20.3 Å². The second-order valence-corrected chi connectivity index (χ2v) is 5.65. The fraction of sp³-hybridized carbons (Fsp3) is 0.368. The van der Waals surface area contributed by atoms with Crippen molar-refractivity contribution in [3.05, 3.63) is 42.5 Å². The van der Waals surface area contributed by atoms with Crippen molar-refractivity contribution in [1.29, 1.82) is 0 Å². The van der Waals surface area contributed by atoms with Crippen LogP contribution >= 0.6 is 0 Å². The van der Waals surface area contributed by atoms with Crippen molar-refractivity contribution in [2.75, 3.05) is 31.5 Å². The van der Waals surface area contributed by atoms with Crippen LogP contribution in [-0.4, -0.2) is 42.9 Å². The molecule has 0 unspecified atom stereocenters. The summed E-state index contributed by atoms with van der Waals surface area (Å²) < 4.78 is 0. The van der Waals surface area contributed by atoms with E-state index in [0.29, 0.717) is 12.2 Å². The number of amides is 2. The molecule has 0 saturated heterocycles. The highest BCUT2D eigenvalue weighted by Gasteiger charge is 2.13. The topological polar surface area (TPSA) is 61.4 Å². The third-order valence-electron chi connectivity index (χ3n) is 4.04. The van der Waals surface area contributed by atoms with Crippen molar-refractivity contribution in [3.8, 4) is 0 Å². The Morgan fingerprint density at radius 2 is 1.67 bits per heavy atom. The molecule has 2 aromatic carbocycles. The van der Waals surface area contributed by atoms with Gasteiger partial charge in [-0.2, -0.15) is 0 Å². The predicted molar refractivity (Wildman–Crippen MR) is 98.0 cm³/mol. The minimum absolute atomic E-state index is 0.500. The Kier molecular flexibility index (Phi) is 6.75. The molecular weight excluding hydrogens is 302 g/mol. The lowest BCUT2D eigenvalue weighted by atomic mass is 10.1. The molecule has 5 nitrogen and oxygen atoms in total. The number of rotatable bonds is 7. The minimum Gasteiger partial charge on any atom is -0.348 e. The Hall–Kier alpha value is -2.40. The van der Waals surface area contributed by atoms with Crippen LogP contribution in [0.4, 0.5) is 5.69 Å². The molecular formula is C19H25N3O2. The van der Waals surface area contributed by atoms with Gasteiger partial charge in [-0.1, -0.05) is 44.2 Å². The summed E-state index contributed by atoms with van der Waals surface area (Å²) in [6.07, 6.45) is 0.830. The van der Waals surface area contributed by atoms with Crippen LogP contribution in [0.3, 0.4) is 0 Å². The summed E-state index contributed by atoms with van der Waals surface area (Å²) in [5.41, 5.74) is 0.622. The van der Waals surface area contributed by atoms with E-state index in [1.807, 2.05) is 36.4 Å². The molecule has 0 radical (unpaired) electrons. The Labute approximate surface area is 143 Å². The molecule has 24 heavy (non-hydrogen) atoms.